The van der Waals surface area contributed by atoms with Crippen LogP contribution < -0.4 is 5.32 Å². The Bertz CT molecular complexity index is 491. The molecule has 0 aliphatic carbocycles. The van der Waals surface area contributed by atoms with Crippen LogP contribution in [0, 0.1) is 0 Å². The number of unbranched alkanes of at least 4 members (excludes halogenated alkanes) is 1. The maximum atomic E-state index is 4.25. The molecule has 0 fully saturated rings. The molecule has 0 aromatic carbocycles. The van der Waals surface area contributed by atoms with E-state index < -0.39 is 0 Å². The van der Waals surface area contributed by atoms with E-state index in [0.29, 0.717) is 11.7 Å². The molecule has 6 nitrogen and oxygen atoms in total. The van der Waals surface area contributed by atoms with Crippen LogP contribution >= 0.6 is 0 Å². The highest BCUT2D eigenvalue weighted by Gasteiger charge is 2.04. The van der Waals surface area contributed by atoms with Crippen molar-refractivity contribution in [2.24, 2.45) is 0 Å². The Morgan fingerprint density at radius 1 is 1.53 bits per heavy atom. The third kappa shape index (κ3) is 2.99. The second kappa shape index (κ2) is 5.38. The van der Waals surface area contributed by atoms with Crippen LogP contribution in [0.4, 0.5) is 5.82 Å². The average molecular weight is 232 g/mol. The molecule has 90 valence electrons. The fourth-order valence-corrected chi connectivity index (χ4v) is 1.62. The first-order chi connectivity index (χ1) is 8.29. The highest BCUT2D eigenvalue weighted by molar-refractivity contribution is 5.42. The number of hydrogen-bond acceptors (Lipinski definition) is 5. The minimum absolute atomic E-state index is 0.372. The van der Waals surface area contributed by atoms with Gasteiger partial charge in [-0.25, -0.2) is 0 Å². The van der Waals surface area contributed by atoms with E-state index in [2.05, 4.69) is 39.4 Å². The minimum Gasteiger partial charge on any atom is -0.366 e. The molecule has 2 aromatic rings. The highest BCUT2D eigenvalue weighted by Crippen LogP contribution is 2.09. The van der Waals surface area contributed by atoms with E-state index in [1.807, 2.05) is 18.2 Å². The van der Waals surface area contributed by atoms with Crippen molar-refractivity contribution in [2.75, 3.05) is 5.32 Å². The van der Waals surface area contributed by atoms with Gasteiger partial charge in [0.2, 0.25) is 0 Å². The maximum Gasteiger partial charge on any atom is 0.200 e. The summed E-state index contributed by atoms with van der Waals surface area (Å²) >= 11 is 0. The predicted molar refractivity (Wildman–Crippen MR) is 65.7 cm³/mol. The number of nitrogens with one attached hydrogen (secondary N) is 1. The zero-order valence-corrected chi connectivity index (χ0v) is 9.87. The van der Waals surface area contributed by atoms with Crippen LogP contribution in [0.2, 0.25) is 0 Å². The standard InChI is InChI=1S/C11H16N6/c1-3-4-5-6-9(2)12-10-7-8-11-13-15-16-17(11)14-10/h3,7-9H,1,4-6H2,2H3,(H,12,14). The lowest BCUT2D eigenvalue weighted by Gasteiger charge is -2.13. The third-order valence-electron chi connectivity index (χ3n) is 2.51. The molecule has 2 heterocycles. The van der Waals surface area contributed by atoms with Crippen LogP contribution in [0.5, 0.6) is 0 Å². The van der Waals surface area contributed by atoms with Crippen LogP contribution in [-0.2, 0) is 0 Å². The zero-order chi connectivity index (χ0) is 12.1. The largest absolute Gasteiger partial charge is 0.366 e. The van der Waals surface area contributed by atoms with Gasteiger partial charge in [0.15, 0.2) is 5.65 Å². The Kier molecular flexibility index (Phi) is 3.64. The zero-order valence-electron chi connectivity index (χ0n) is 9.87. The van der Waals surface area contributed by atoms with E-state index in [1.165, 1.54) is 4.63 Å². The van der Waals surface area contributed by atoms with Gasteiger partial charge in [0.05, 0.1) is 0 Å². The van der Waals surface area contributed by atoms with Gasteiger partial charge in [-0.3, -0.25) is 0 Å². The summed E-state index contributed by atoms with van der Waals surface area (Å²) in [6.45, 7) is 5.85. The van der Waals surface area contributed by atoms with Crippen molar-refractivity contribution in [3.8, 4) is 0 Å². The molecule has 2 rings (SSSR count). The molecule has 1 N–H and O–H groups in total. The Hall–Kier alpha value is -1.98. The number of rotatable bonds is 6. The minimum atomic E-state index is 0.372. The van der Waals surface area contributed by atoms with Crippen LogP contribution in [0.1, 0.15) is 26.2 Å². The second-order valence-corrected chi connectivity index (χ2v) is 4.01. The number of allylic oxidation sites excluding steroid dienone is 1. The molecule has 1 unspecified atom stereocenters. The first kappa shape index (κ1) is 11.5. The van der Waals surface area contributed by atoms with Gasteiger partial charge in [-0.05, 0) is 48.7 Å². The van der Waals surface area contributed by atoms with Crippen molar-refractivity contribution in [3.63, 3.8) is 0 Å². The highest BCUT2D eigenvalue weighted by atomic mass is 15.6. The molecular formula is C11H16N6. The predicted octanol–water partition coefficient (Wildman–Crippen LogP) is 1.68. The number of aromatic nitrogens is 5. The van der Waals surface area contributed by atoms with Gasteiger partial charge in [0.1, 0.15) is 5.82 Å². The first-order valence-corrected chi connectivity index (χ1v) is 5.72. The summed E-state index contributed by atoms with van der Waals surface area (Å²) in [4.78, 5) is 0. The van der Waals surface area contributed by atoms with Gasteiger partial charge in [-0.15, -0.1) is 21.4 Å². The summed E-state index contributed by atoms with van der Waals surface area (Å²) in [6.07, 6.45) is 5.20. The number of fused-ring (bicyclic) bond motifs is 1. The van der Waals surface area contributed by atoms with Crippen LogP contribution in [0.15, 0.2) is 24.8 Å². The molecule has 17 heavy (non-hydrogen) atoms. The van der Waals surface area contributed by atoms with Gasteiger partial charge in [-0.1, -0.05) is 6.08 Å². The molecule has 0 aliphatic heterocycles. The van der Waals surface area contributed by atoms with Gasteiger partial charge >= 0.3 is 0 Å². The summed E-state index contributed by atoms with van der Waals surface area (Å²) in [6, 6.07) is 4.10. The monoisotopic (exact) mass is 232 g/mol. The van der Waals surface area contributed by atoms with Gasteiger partial charge in [-0.2, -0.15) is 0 Å². The van der Waals surface area contributed by atoms with E-state index in [1.54, 1.807) is 0 Å². The van der Waals surface area contributed by atoms with E-state index in [-0.39, 0.29) is 0 Å². The Morgan fingerprint density at radius 3 is 3.24 bits per heavy atom. The van der Waals surface area contributed by atoms with E-state index >= 15 is 0 Å². The summed E-state index contributed by atoms with van der Waals surface area (Å²) in [7, 11) is 0. The quantitative estimate of drug-likeness (QED) is 0.606. The lowest BCUT2D eigenvalue weighted by Crippen LogP contribution is -2.16. The molecule has 0 spiro atoms. The van der Waals surface area contributed by atoms with E-state index in [9.17, 15) is 0 Å². The number of anilines is 1. The summed E-state index contributed by atoms with van der Waals surface area (Å²) in [5, 5.41) is 18.7. The molecule has 1 atom stereocenters. The second-order valence-electron chi connectivity index (χ2n) is 4.01. The molecule has 0 radical (unpaired) electrons. The Labute approximate surface area is 99.7 Å². The maximum absolute atomic E-state index is 4.25. The number of tetrazole rings is 1. The van der Waals surface area contributed by atoms with Crippen molar-refractivity contribution >= 4 is 11.5 Å². The van der Waals surface area contributed by atoms with Crippen molar-refractivity contribution in [1.82, 2.24) is 25.3 Å². The van der Waals surface area contributed by atoms with Gasteiger partial charge in [0, 0.05) is 6.04 Å². The van der Waals surface area contributed by atoms with Crippen LogP contribution in [-0.4, -0.2) is 31.3 Å². The van der Waals surface area contributed by atoms with Crippen molar-refractivity contribution in [2.45, 2.75) is 32.2 Å². The summed E-state index contributed by atoms with van der Waals surface area (Å²) < 4.78 is 1.42. The summed E-state index contributed by atoms with van der Waals surface area (Å²) in [5.41, 5.74) is 0.648. The van der Waals surface area contributed by atoms with Crippen molar-refractivity contribution in [3.05, 3.63) is 24.8 Å². The van der Waals surface area contributed by atoms with Crippen LogP contribution in [0.3, 0.4) is 0 Å². The fraction of sp³-hybridized carbons (Fsp3) is 0.455. The lowest BCUT2D eigenvalue weighted by atomic mass is 10.1. The molecule has 6 heteroatoms. The number of nitrogens with zero attached hydrogens (tertiary/aromatic N) is 5. The van der Waals surface area contributed by atoms with Gasteiger partial charge < -0.3 is 5.32 Å². The molecular weight excluding hydrogens is 216 g/mol. The smallest absolute Gasteiger partial charge is 0.200 e. The van der Waals surface area contributed by atoms with Crippen molar-refractivity contribution in [1.29, 1.82) is 0 Å². The Balaban J connectivity index is 1.95. The average Bonchev–Trinajstić information content (AvgIpc) is 2.76. The van der Waals surface area contributed by atoms with E-state index in [4.69, 9.17) is 0 Å². The molecule has 0 saturated heterocycles. The van der Waals surface area contributed by atoms with Crippen LogP contribution in [0.25, 0.3) is 5.65 Å². The fourth-order valence-electron chi connectivity index (χ4n) is 1.62. The first-order valence-electron chi connectivity index (χ1n) is 5.72. The third-order valence-corrected chi connectivity index (χ3v) is 2.51. The molecule has 2 aromatic heterocycles. The summed E-state index contributed by atoms with van der Waals surface area (Å²) in [5.74, 6) is 0.788. The SMILES string of the molecule is C=CCCCC(C)Nc1ccc2nnnn2n1. The van der Waals surface area contributed by atoms with E-state index in [0.717, 1.165) is 25.1 Å². The molecule has 0 bridgehead atoms. The molecule has 0 amide bonds. The van der Waals surface area contributed by atoms with Gasteiger partial charge in [0.25, 0.3) is 0 Å². The molecule has 0 saturated carbocycles. The lowest BCUT2D eigenvalue weighted by molar-refractivity contribution is 0.654. The Morgan fingerprint density at radius 2 is 2.41 bits per heavy atom. The van der Waals surface area contributed by atoms with Crippen molar-refractivity contribution < 1.29 is 0 Å². The number of hydrogen-bond donors (Lipinski definition) is 1. The topological polar surface area (TPSA) is 68.0 Å². The molecule has 0 aliphatic rings. The normalized spacial score (nSPS) is 12.5.